The molecule has 2 aliphatic rings. The summed E-state index contributed by atoms with van der Waals surface area (Å²) in [6.45, 7) is 2.73. The molecular weight excluding hydrogens is 373 g/mol. The number of likely N-dealkylation sites (N-methyl/N-ethyl adjacent to an activating group) is 1. The molecule has 1 spiro atoms. The van der Waals surface area contributed by atoms with E-state index in [4.69, 9.17) is 4.74 Å². The first-order valence-electron chi connectivity index (χ1n) is 8.84. The van der Waals surface area contributed by atoms with Gasteiger partial charge in [-0.05, 0) is 69.6 Å². The molecule has 1 amide bonds. The Morgan fingerprint density at radius 3 is 2.65 bits per heavy atom. The third-order valence-electron chi connectivity index (χ3n) is 5.68. The molecule has 2 N–H and O–H groups in total. The van der Waals surface area contributed by atoms with Crippen molar-refractivity contribution in [3.63, 3.8) is 0 Å². The van der Waals surface area contributed by atoms with E-state index in [1.54, 1.807) is 7.11 Å². The number of carbonyl (C=O) groups is 1. The Morgan fingerprint density at radius 2 is 2.04 bits per heavy atom. The number of methoxy groups -OCH3 is 1. The van der Waals surface area contributed by atoms with Gasteiger partial charge in [-0.2, -0.15) is 0 Å². The Kier molecular flexibility index (Phi) is 8.67. The van der Waals surface area contributed by atoms with E-state index in [2.05, 4.69) is 21.6 Å². The van der Waals surface area contributed by atoms with Crippen LogP contribution in [0.25, 0.3) is 0 Å². The van der Waals surface area contributed by atoms with Crippen LogP contribution in [0.3, 0.4) is 0 Å². The third kappa shape index (κ3) is 5.03. The third-order valence-corrected chi connectivity index (χ3v) is 5.68. The van der Waals surface area contributed by atoms with Gasteiger partial charge in [0.2, 0.25) is 5.91 Å². The molecule has 7 heteroatoms. The van der Waals surface area contributed by atoms with E-state index in [0.717, 1.165) is 43.7 Å². The topological polar surface area (TPSA) is 53.6 Å². The van der Waals surface area contributed by atoms with Crippen LogP contribution in [0.4, 0.5) is 0 Å². The van der Waals surface area contributed by atoms with E-state index < -0.39 is 0 Å². The van der Waals surface area contributed by atoms with Crippen molar-refractivity contribution in [3.8, 4) is 5.75 Å². The SMILES string of the molecule is COc1cccc(C(CNC(=O)C2CC23CCNCC3)N(C)C)c1.Cl.Cl. The Bertz CT molecular complexity index is 592. The minimum Gasteiger partial charge on any atom is -0.497 e. The molecule has 1 heterocycles. The molecule has 3 rings (SSSR count). The van der Waals surface area contributed by atoms with Crippen LogP contribution < -0.4 is 15.4 Å². The summed E-state index contributed by atoms with van der Waals surface area (Å²) in [5.41, 5.74) is 1.45. The second-order valence-corrected chi connectivity index (χ2v) is 7.37. The van der Waals surface area contributed by atoms with Crippen molar-refractivity contribution in [2.45, 2.75) is 25.3 Å². The van der Waals surface area contributed by atoms with Gasteiger partial charge in [0.1, 0.15) is 5.75 Å². The minimum atomic E-state index is 0. The molecule has 1 aromatic rings. The minimum absolute atomic E-state index is 0. The fraction of sp³-hybridized carbons (Fsp3) is 0.632. The number of hydrogen-bond donors (Lipinski definition) is 2. The Morgan fingerprint density at radius 1 is 1.35 bits per heavy atom. The van der Waals surface area contributed by atoms with Crippen LogP contribution in [0, 0.1) is 11.3 Å². The van der Waals surface area contributed by atoms with E-state index in [9.17, 15) is 4.79 Å². The first-order chi connectivity index (χ1) is 11.6. The molecule has 148 valence electrons. The van der Waals surface area contributed by atoms with Gasteiger partial charge in [-0.25, -0.2) is 0 Å². The van der Waals surface area contributed by atoms with Crippen molar-refractivity contribution in [3.05, 3.63) is 29.8 Å². The van der Waals surface area contributed by atoms with E-state index >= 15 is 0 Å². The molecule has 1 aliphatic carbocycles. The van der Waals surface area contributed by atoms with Crippen LogP contribution in [0.1, 0.15) is 30.9 Å². The number of hydrogen-bond acceptors (Lipinski definition) is 4. The van der Waals surface area contributed by atoms with Gasteiger partial charge in [-0.3, -0.25) is 4.79 Å². The van der Waals surface area contributed by atoms with E-state index in [-0.39, 0.29) is 42.7 Å². The molecule has 0 aromatic heterocycles. The Balaban J connectivity index is 0.00000169. The highest BCUT2D eigenvalue weighted by Crippen LogP contribution is 2.58. The lowest BCUT2D eigenvalue weighted by atomic mass is 9.91. The zero-order valence-corrected chi connectivity index (χ0v) is 17.4. The molecule has 1 saturated heterocycles. The highest BCUT2D eigenvalue weighted by Gasteiger charge is 2.57. The predicted octanol–water partition coefficient (Wildman–Crippen LogP) is 2.65. The van der Waals surface area contributed by atoms with Gasteiger partial charge in [0.15, 0.2) is 0 Å². The van der Waals surface area contributed by atoms with Crippen LogP contribution in [0.2, 0.25) is 0 Å². The molecule has 2 atom stereocenters. The number of rotatable bonds is 6. The molecule has 26 heavy (non-hydrogen) atoms. The smallest absolute Gasteiger partial charge is 0.223 e. The average Bonchev–Trinajstić information content (AvgIpc) is 3.28. The number of ether oxygens (including phenoxy) is 1. The number of halogens is 2. The van der Waals surface area contributed by atoms with Crippen molar-refractivity contribution in [2.24, 2.45) is 11.3 Å². The van der Waals surface area contributed by atoms with Crippen LogP contribution >= 0.6 is 24.8 Å². The maximum Gasteiger partial charge on any atom is 0.223 e. The van der Waals surface area contributed by atoms with E-state index in [1.807, 2.05) is 32.3 Å². The number of benzene rings is 1. The maximum absolute atomic E-state index is 12.6. The molecular formula is C19H31Cl2N3O2. The zero-order valence-electron chi connectivity index (χ0n) is 15.8. The Labute approximate surface area is 169 Å². The first-order valence-corrected chi connectivity index (χ1v) is 8.84. The van der Waals surface area contributed by atoms with Crippen molar-refractivity contribution >= 4 is 30.7 Å². The van der Waals surface area contributed by atoms with Crippen LogP contribution in [-0.4, -0.2) is 51.6 Å². The number of amides is 1. The molecule has 0 bridgehead atoms. The lowest BCUT2D eigenvalue weighted by Crippen LogP contribution is -2.37. The second kappa shape index (κ2) is 9.79. The molecule has 1 aliphatic heterocycles. The largest absolute Gasteiger partial charge is 0.497 e. The van der Waals surface area contributed by atoms with Crippen LogP contribution in [0.5, 0.6) is 5.75 Å². The fourth-order valence-electron chi connectivity index (χ4n) is 3.96. The second-order valence-electron chi connectivity index (χ2n) is 7.37. The summed E-state index contributed by atoms with van der Waals surface area (Å²) in [4.78, 5) is 14.7. The fourth-order valence-corrected chi connectivity index (χ4v) is 3.96. The van der Waals surface area contributed by atoms with Crippen molar-refractivity contribution in [2.75, 3.05) is 40.8 Å². The highest BCUT2D eigenvalue weighted by molar-refractivity contribution is 5.85. The first kappa shape index (κ1) is 23.0. The quantitative estimate of drug-likeness (QED) is 0.766. The summed E-state index contributed by atoms with van der Waals surface area (Å²) in [5.74, 6) is 1.29. The van der Waals surface area contributed by atoms with Crippen molar-refractivity contribution < 1.29 is 9.53 Å². The number of nitrogens with zero attached hydrogens (tertiary/aromatic N) is 1. The predicted molar refractivity (Wildman–Crippen MR) is 110 cm³/mol. The average molecular weight is 404 g/mol. The summed E-state index contributed by atoms with van der Waals surface area (Å²) in [5, 5.41) is 6.58. The number of nitrogens with one attached hydrogen (secondary N) is 2. The van der Waals surface area contributed by atoms with Gasteiger partial charge < -0.3 is 20.3 Å². The molecule has 1 saturated carbocycles. The standard InChI is InChI=1S/C19H29N3O2.2ClH/c1-22(2)17(14-5-4-6-15(11-14)24-3)13-21-18(23)16-12-19(16)7-9-20-10-8-19;;/h4-6,11,16-17,20H,7-10,12-13H2,1-3H3,(H,21,23);2*1H. The number of piperidine rings is 1. The molecule has 1 aromatic carbocycles. The van der Waals surface area contributed by atoms with Crippen LogP contribution in [0.15, 0.2) is 24.3 Å². The maximum atomic E-state index is 12.6. The monoisotopic (exact) mass is 403 g/mol. The van der Waals surface area contributed by atoms with Gasteiger partial charge >= 0.3 is 0 Å². The molecule has 2 unspecified atom stereocenters. The summed E-state index contributed by atoms with van der Waals surface area (Å²) in [6.07, 6.45) is 3.34. The molecule has 2 fully saturated rings. The van der Waals surface area contributed by atoms with E-state index in [1.165, 1.54) is 0 Å². The van der Waals surface area contributed by atoms with Gasteiger partial charge in [-0.1, -0.05) is 12.1 Å². The summed E-state index contributed by atoms with van der Waals surface area (Å²) < 4.78 is 5.32. The number of carbonyl (C=O) groups excluding carboxylic acids is 1. The lowest BCUT2D eigenvalue weighted by Gasteiger charge is -2.26. The summed E-state index contributed by atoms with van der Waals surface area (Å²) >= 11 is 0. The zero-order chi connectivity index (χ0) is 17.2. The van der Waals surface area contributed by atoms with Crippen LogP contribution in [-0.2, 0) is 4.79 Å². The van der Waals surface area contributed by atoms with Gasteiger partial charge in [0, 0.05) is 12.5 Å². The summed E-state index contributed by atoms with van der Waals surface area (Å²) in [6, 6.07) is 8.22. The van der Waals surface area contributed by atoms with Gasteiger partial charge in [-0.15, -0.1) is 24.8 Å². The van der Waals surface area contributed by atoms with E-state index in [0.29, 0.717) is 12.0 Å². The Hall–Kier alpha value is -1.01. The molecule has 5 nitrogen and oxygen atoms in total. The van der Waals surface area contributed by atoms with Gasteiger partial charge in [0.25, 0.3) is 0 Å². The van der Waals surface area contributed by atoms with Crippen molar-refractivity contribution in [1.82, 2.24) is 15.5 Å². The van der Waals surface area contributed by atoms with Crippen molar-refractivity contribution in [1.29, 1.82) is 0 Å². The van der Waals surface area contributed by atoms with Gasteiger partial charge in [0.05, 0.1) is 13.2 Å². The lowest BCUT2D eigenvalue weighted by molar-refractivity contribution is -0.123. The summed E-state index contributed by atoms with van der Waals surface area (Å²) in [7, 11) is 5.76. The molecule has 0 radical (unpaired) electrons. The normalized spacial score (nSPS) is 21.3. The highest BCUT2D eigenvalue weighted by atomic mass is 35.5.